The molecule has 0 amide bonds. The standard InChI is InChI=1S/C10H7FO3/c11-9-5-4-8(12)6-7(9)2-1-3-10(13)14/h4-6,12H,3H2,(H,13,14). The van der Waals surface area contributed by atoms with Crippen molar-refractivity contribution in [3.05, 3.63) is 29.6 Å². The Morgan fingerprint density at radius 2 is 2.21 bits per heavy atom. The molecule has 0 aromatic heterocycles. The van der Waals surface area contributed by atoms with E-state index in [4.69, 9.17) is 10.2 Å². The summed E-state index contributed by atoms with van der Waals surface area (Å²) in [6, 6.07) is 3.40. The van der Waals surface area contributed by atoms with E-state index < -0.39 is 11.8 Å². The normalized spacial score (nSPS) is 8.93. The van der Waals surface area contributed by atoms with E-state index in [-0.39, 0.29) is 17.7 Å². The number of aliphatic carboxylic acids is 1. The summed E-state index contributed by atoms with van der Waals surface area (Å²) in [7, 11) is 0. The topological polar surface area (TPSA) is 57.5 Å². The molecule has 0 heterocycles. The third kappa shape index (κ3) is 2.79. The lowest BCUT2D eigenvalue weighted by Gasteiger charge is -1.94. The smallest absolute Gasteiger partial charge is 0.315 e. The summed E-state index contributed by atoms with van der Waals surface area (Å²) >= 11 is 0. The molecule has 1 aromatic rings. The van der Waals surface area contributed by atoms with Gasteiger partial charge in [-0.15, -0.1) is 0 Å². The number of rotatable bonds is 1. The summed E-state index contributed by atoms with van der Waals surface area (Å²) in [4.78, 5) is 10.1. The van der Waals surface area contributed by atoms with Crippen LogP contribution in [0, 0.1) is 17.7 Å². The average molecular weight is 194 g/mol. The molecule has 0 saturated heterocycles. The van der Waals surface area contributed by atoms with Gasteiger partial charge >= 0.3 is 5.97 Å². The van der Waals surface area contributed by atoms with Crippen LogP contribution in [0.3, 0.4) is 0 Å². The highest BCUT2D eigenvalue weighted by atomic mass is 19.1. The quantitative estimate of drug-likeness (QED) is 0.663. The number of carbonyl (C=O) groups is 1. The molecular formula is C10H7FO3. The first-order valence-electron chi connectivity index (χ1n) is 3.79. The second-order valence-electron chi connectivity index (χ2n) is 2.54. The maximum atomic E-state index is 12.9. The van der Waals surface area contributed by atoms with Gasteiger partial charge in [0.1, 0.15) is 18.0 Å². The van der Waals surface area contributed by atoms with E-state index in [1.165, 1.54) is 6.07 Å². The SMILES string of the molecule is O=C(O)CC#Cc1cc(O)ccc1F. The Hall–Kier alpha value is -2.02. The summed E-state index contributed by atoms with van der Waals surface area (Å²) in [6.07, 6.45) is -0.352. The predicted molar refractivity (Wildman–Crippen MR) is 47.2 cm³/mol. The van der Waals surface area contributed by atoms with Crippen molar-refractivity contribution in [1.82, 2.24) is 0 Å². The van der Waals surface area contributed by atoms with Gasteiger partial charge in [-0.25, -0.2) is 4.39 Å². The zero-order chi connectivity index (χ0) is 10.6. The molecule has 0 radical (unpaired) electrons. The zero-order valence-corrected chi connectivity index (χ0v) is 7.12. The van der Waals surface area contributed by atoms with Crippen molar-refractivity contribution in [2.24, 2.45) is 0 Å². The first-order chi connectivity index (χ1) is 6.59. The van der Waals surface area contributed by atoms with Gasteiger partial charge in [0, 0.05) is 0 Å². The summed E-state index contributed by atoms with van der Waals surface area (Å²) in [5.41, 5.74) is -0.00810. The van der Waals surface area contributed by atoms with Crippen LogP contribution in [0.15, 0.2) is 18.2 Å². The van der Waals surface area contributed by atoms with Crippen LogP contribution in [0.25, 0.3) is 0 Å². The number of aromatic hydroxyl groups is 1. The number of carboxylic acids is 1. The van der Waals surface area contributed by atoms with Gasteiger partial charge in [-0.2, -0.15) is 0 Å². The fraction of sp³-hybridized carbons (Fsp3) is 0.100. The van der Waals surface area contributed by atoms with Gasteiger partial charge in [0.2, 0.25) is 0 Å². The summed E-state index contributed by atoms with van der Waals surface area (Å²) in [6.45, 7) is 0. The minimum atomic E-state index is -1.07. The summed E-state index contributed by atoms with van der Waals surface area (Å²) in [5.74, 6) is 2.83. The zero-order valence-electron chi connectivity index (χ0n) is 7.12. The highest BCUT2D eigenvalue weighted by Gasteiger charge is 1.99. The Kier molecular flexibility index (Phi) is 3.08. The first-order valence-corrected chi connectivity index (χ1v) is 3.79. The van der Waals surface area contributed by atoms with E-state index in [1.54, 1.807) is 0 Å². The van der Waals surface area contributed by atoms with Gasteiger partial charge < -0.3 is 10.2 Å². The van der Waals surface area contributed by atoms with E-state index >= 15 is 0 Å². The van der Waals surface area contributed by atoms with Crippen LogP contribution in [0.4, 0.5) is 4.39 Å². The lowest BCUT2D eigenvalue weighted by Crippen LogP contribution is -1.90. The largest absolute Gasteiger partial charge is 0.508 e. The van der Waals surface area contributed by atoms with Crippen molar-refractivity contribution in [2.45, 2.75) is 6.42 Å². The van der Waals surface area contributed by atoms with Crippen molar-refractivity contribution in [3.63, 3.8) is 0 Å². The maximum Gasteiger partial charge on any atom is 0.315 e. The molecule has 0 atom stereocenters. The van der Waals surface area contributed by atoms with Crippen molar-refractivity contribution in [1.29, 1.82) is 0 Å². The van der Waals surface area contributed by atoms with Gasteiger partial charge in [0.15, 0.2) is 0 Å². The van der Waals surface area contributed by atoms with Crippen molar-refractivity contribution >= 4 is 5.97 Å². The van der Waals surface area contributed by atoms with Crippen LogP contribution < -0.4 is 0 Å². The van der Waals surface area contributed by atoms with Crippen LogP contribution in [0.2, 0.25) is 0 Å². The molecule has 0 aliphatic carbocycles. The Morgan fingerprint density at radius 1 is 1.50 bits per heavy atom. The van der Waals surface area contributed by atoms with Gasteiger partial charge in [-0.05, 0) is 18.2 Å². The van der Waals surface area contributed by atoms with E-state index in [2.05, 4.69) is 11.8 Å². The Morgan fingerprint density at radius 3 is 2.86 bits per heavy atom. The molecule has 0 aliphatic heterocycles. The van der Waals surface area contributed by atoms with Crippen LogP contribution in [-0.4, -0.2) is 16.2 Å². The molecule has 14 heavy (non-hydrogen) atoms. The number of hydrogen-bond donors (Lipinski definition) is 2. The van der Waals surface area contributed by atoms with Crippen molar-refractivity contribution in [3.8, 4) is 17.6 Å². The van der Waals surface area contributed by atoms with Crippen molar-refractivity contribution in [2.75, 3.05) is 0 Å². The minimum Gasteiger partial charge on any atom is -0.508 e. The minimum absolute atomic E-state index is 0.00810. The van der Waals surface area contributed by atoms with Gasteiger partial charge in [0.25, 0.3) is 0 Å². The molecule has 0 bridgehead atoms. The highest BCUT2D eigenvalue weighted by molar-refractivity contribution is 5.70. The number of carboxylic acid groups (broad SMARTS) is 1. The monoisotopic (exact) mass is 194 g/mol. The van der Waals surface area contributed by atoms with E-state index in [1.807, 2.05) is 0 Å². The summed E-state index contributed by atoms with van der Waals surface area (Å²) in [5, 5.41) is 17.3. The predicted octanol–water partition coefficient (Wildman–Crippen LogP) is 1.36. The van der Waals surface area contributed by atoms with Gasteiger partial charge in [-0.1, -0.05) is 11.8 Å². The van der Waals surface area contributed by atoms with E-state index in [0.717, 1.165) is 12.1 Å². The lowest BCUT2D eigenvalue weighted by molar-refractivity contribution is -0.135. The lowest BCUT2D eigenvalue weighted by atomic mass is 10.2. The third-order valence-corrected chi connectivity index (χ3v) is 1.41. The maximum absolute atomic E-state index is 12.9. The van der Waals surface area contributed by atoms with E-state index in [9.17, 15) is 9.18 Å². The molecule has 0 spiro atoms. The third-order valence-electron chi connectivity index (χ3n) is 1.41. The molecule has 4 heteroatoms. The van der Waals surface area contributed by atoms with Crippen molar-refractivity contribution < 1.29 is 19.4 Å². The fourth-order valence-electron chi connectivity index (χ4n) is 0.824. The molecular weight excluding hydrogens is 187 g/mol. The number of phenols is 1. The molecule has 1 rings (SSSR count). The number of benzene rings is 1. The Bertz CT molecular complexity index is 415. The number of phenolic OH excluding ortho intramolecular Hbond substituents is 1. The fourth-order valence-corrected chi connectivity index (χ4v) is 0.824. The van der Waals surface area contributed by atoms with Crippen LogP contribution >= 0.6 is 0 Å². The molecule has 0 saturated carbocycles. The molecule has 0 fully saturated rings. The van der Waals surface area contributed by atoms with Gasteiger partial charge in [-0.3, -0.25) is 4.79 Å². The Labute approximate surface area is 79.8 Å². The highest BCUT2D eigenvalue weighted by Crippen LogP contribution is 2.13. The molecule has 2 N–H and O–H groups in total. The molecule has 1 aromatic carbocycles. The van der Waals surface area contributed by atoms with Crippen LogP contribution in [0.5, 0.6) is 5.75 Å². The Balaban J connectivity index is 2.88. The second kappa shape index (κ2) is 4.28. The summed E-state index contributed by atoms with van der Waals surface area (Å²) < 4.78 is 12.9. The molecule has 3 nitrogen and oxygen atoms in total. The second-order valence-corrected chi connectivity index (χ2v) is 2.54. The van der Waals surface area contributed by atoms with Crippen LogP contribution in [-0.2, 0) is 4.79 Å². The van der Waals surface area contributed by atoms with E-state index in [0.29, 0.717) is 0 Å². The molecule has 0 aliphatic rings. The van der Waals surface area contributed by atoms with Gasteiger partial charge in [0.05, 0.1) is 5.56 Å². The first kappa shape index (κ1) is 10.1. The number of halogens is 1. The van der Waals surface area contributed by atoms with Crippen LogP contribution in [0.1, 0.15) is 12.0 Å². The molecule has 72 valence electrons. The average Bonchev–Trinajstić information content (AvgIpc) is 2.10. The number of hydrogen-bond acceptors (Lipinski definition) is 2. The molecule has 0 unspecified atom stereocenters.